The maximum absolute atomic E-state index is 4.56. The van der Waals surface area contributed by atoms with E-state index in [1.54, 1.807) is 6.20 Å². The van der Waals surface area contributed by atoms with Crippen molar-refractivity contribution in [3.8, 4) is 0 Å². The van der Waals surface area contributed by atoms with Crippen LogP contribution < -0.4 is 0 Å². The number of nitrogens with zero attached hydrogens (tertiary/aromatic N) is 4. The van der Waals surface area contributed by atoms with Crippen molar-refractivity contribution in [2.75, 3.05) is 0 Å². The lowest BCUT2D eigenvalue weighted by Gasteiger charge is -2.06. The molecular formula is C20H20N4. The van der Waals surface area contributed by atoms with Gasteiger partial charge in [-0.15, -0.1) is 5.10 Å². The zero-order valence-corrected chi connectivity index (χ0v) is 13.9. The van der Waals surface area contributed by atoms with Crippen molar-refractivity contribution in [3.63, 3.8) is 0 Å². The van der Waals surface area contributed by atoms with E-state index in [-0.39, 0.29) is 0 Å². The highest BCUT2D eigenvalue weighted by Gasteiger charge is 2.08. The summed E-state index contributed by atoms with van der Waals surface area (Å²) in [5, 5.41) is 13.3. The monoisotopic (exact) mass is 316 g/mol. The highest BCUT2D eigenvalue weighted by atomic mass is 15.3. The second-order valence-electron chi connectivity index (χ2n) is 5.40. The van der Waals surface area contributed by atoms with Crippen LogP contribution >= 0.6 is 0 Å². The molecule has 2 aromatic carbocycles. The number of hydrogen-bond donors (Lipinski definition) is 0. The van der Waals surface area contributed by atoms with E-state index >= 15 is 0 Å². The fraction of sp³-hybridized carbons (Fsp3) is 0.150. The number of benzene rings is 2. The molecule has 0 radical (unpaired) electrons. The molecule has 0 atom stereocenters. The fourth-order valence-electron chi connectivity index (χ4n) is 2.54. The van der Waals surface area contributed by atoms with Crippen LogP contribution in [0.2, 0.25) is 0 Å². The molecule has 0 saturated heterocycles. The Labute approximate surface area is 142 Å². The first-order valence-corrected chi connectivity index (χ1v) is 8.05. The summed E-state index contributed by atoms with van der Waals surface area (Å²) in [7, 11) is 0. The van der Waals surface area contributed by atoms with Crippen molar-refractivity contribution in [2.24, 2.45) is 10.2 Å². The Hall–Kier alpha value is -3.01. The summed E-state index contributed by atoms with van der Waals surface area (Å²) < 4.78 is 1.92. The standard InChI is InChI=1S/C20H20N4/c1-3-24-19(14-15-21-24)16(2)22-23-20(17-10-6-4-7-11-17)18-12-8-5-9-13-18/h4-15H,3H2,1-2H3/b22-16+. The third-order valence-electron chi connectivity index (χ3n) is 3.78. The van der Waals surface area contributed by atoms with Crippen molar-refractivity contribution < 1.29 is 0 Å². The first-order valence-electron chi connectivity index (χ1n) is 8.05. The molecule has 0 bridgehead atoms. The number of rotatable bonds is 5. The second kappa shape index (κ2) is 7.51. The van der Waals surface area contributed by atoms with Gasteiger partial charge < -0.3 is 0 Å². The van der Waals surface area contributed by atoms with Gasteiger partial charge in [-0.2, -0.15) is 10.2 Å². The van der Waals surface area contributed by atoms with Gasteiger partial charge in [0.05, 0.1) is 11.4 Å². The predicted molar refractivity (Wildman–Crippen MR) is 98.6 cm³/mol. The van der Waals surface area contributed by atoms with E-state index in [0.29, 0.717) is 0 Å². The maximum Gasteiger partial charge on any atom is 0.100 e. The van der Waals surface area contributed by atoms with Crippen molar-refractivity contribution in [3.05, 3.63) is 89.7 Å². The van der Waals surface area contributed by atoms with Crippen LogP contribution in [0.4, 0.5) is 0 Å². The summed E-state index contributed by atoms with van der Waals surface area (Å²) in [5.74, 6) is 0. The van der Waals surface area contributed by atoms with Crippen LogP contribution in [0.15, 0.2) is 83.1 Å². The minimum atomic E-state index is 0.809. The van der Waals surface area contributed by atoms with Crippen molar-refractivity contribution >= 4 is 11.4 Å². The van der Waals surface area contributed by atoms with Gasteiger partial charge in [0.2, 0.25) is 0 Å². The van der Waals surface area contributed by atoms with E-state index in [4.69, 9.17) is 0 Å². The molecule has 3 rings (SSSR count). The Kier molecular flexibility index (Phi) is 4.96. The van der Waals surface area contributed by atoms with Crippen LogP contribution in [0, 0.1) is 0 Å². The molecule has 0 N–H and O–H groups in total. The highest BCUT2D eigenvalue weighted by Crippen LogP contribution is 2.12. The normalized spacial score (nSPS) is 11.3. The van der Waals surface area contributed by atoms with Gasteiger partial charge in [0.15, 0.2) is 0 Å². The Morgan fingerprint density at radius 1 is 0.875 bits per heavy atom. The number of aromatic nitrogens is 2. The van der Waals surface area contributed by atoms with Crippen LogP contribution in [0.25, 0.3) is 0 Å². The maximum atomic E-state index is 4.56. The first kappa shape index (κ1) is 15.9. The lowest BCUT2D eigenvalue weighted by atomic mass is 10.0. The van der Waals surface area contributed by atoms with Crippen molar-refractivity contribution in [2.45, 2.75) is 20.4 Å². The van der Waals surface area contributed by atoms with Gasteiger partial charge in [0.25, 0.3) is 0 Å². The van der Waals surface area contributed by atoms with Crippen LogP contribution in [0.5, 0.6) is 0 Å². The molecule has 0 saturated carbocycles. The molecule has 0 fully saturated rings. The smallest absolute Gasteiger partial charge is 0.100 e. The average molecular weight is 316 g/mol. The van der Waals surface area contributed by atoms with Crippen LogP contribution in [-0.2, 0) is 6.54 Å². The van der Waals surface area contributed by atoms with Crippen molar-refractivity contribution in [1.82, 2.24) is 9.78 Å². The molecule has 24 heavy (non-hydrogen) atoms. The van der Waals surface area contributed by atoms with Gasteiger partial charge in [0, 0.05) is 23.9 Å². The molecule has 3 aromatic rings. The van der Waals surface area contributed by atoms with Gasteiger partial charge in [-0.3, -0.25) is 4.68 Å². The average Bonchev–Trinajstić information content (AvgIpc) is 3.12. The zero-order chi connectivity index (χ0) is 16.8. The van der Waals surface area contributed by atoms with E-state index in [1.807, 2.05) is 78.3 Å². The van der Waals surface area contributed by atoms with E-state index in [2.05, 4.69) is 22.2 Å². The zero-order valence-electron chi connectivity index (χ0n) is 13.9. The molecular weight excluding hydrogens is 296 g/mol. The van der Waals surface area contributed by atoms with Crippen LogP contribution in [0.3, 0.4) is 0 Å². The molecule has 4 nitrogen and oxygen atoms in total. The SMILES string of the molecule is CCn1nccc1/C(C)=N/N=C(c1ccccc1)c1ccccc1. The van der Waals surface area contributed by atoms with Crippen LogP contribution in [0.1, 0.15) is 30.7 Å². The Bertz CT molecular complexity index is 804. The van der Waals surface area contributed by atoms with E-state index in [0.717, 1.165) is 34.8 Å². The minimum absolute atomic E-state index is 0.809. The Morgan fingerprint density at radius 3 is 2.00 bits per heavy atom. The minimum Gasteiger partial charge on any atom is -0.264 e. The van der Waals surface area contributed by atoms with E-state index < -0.39 is 0 Å². The molecule has 120 valence electrons. The lowest BCUT2D eigenvalue weighted by Crippen LogP contribution is -2.08. The third-order valence-corrected chi connectivity index (χ3v) is 3.78. The quantitative estimate of drug-likeness (QED) is 0.514. The predicted octanol–water partition coefficient (Wildman–Crippen LogP) is 4.16. The van der Waals surface area contributed by atoms with Crippen LogP contribution in [-0.4, -0.2) is 21.2 Å². The van der Waals surface area contributed by atoms with Crippen molar-refractivity contribution in [1.29, 1.82) is 0 Å². The van der Waals surface area contributed by atoms with E-state index in [9.17, 15) is 0 Å². The summed E-state index contributed by atoms with van der Waals surface area (Å²) in [5.41, 5.74) is 4.78. The Morgan fingerprint density at radius 2 is 1.46 bits per heavy atom. The molecule has 1 aromatic heterocycles. The summed E-state index contributed by atoms with van der Waals surface area (Å²) in [6.07, 6.45) is 1.79. The largest absolute Gasteiger partial charge is 0.264 e. The van der Waals surface area contributed by atoms with Gasteiger partial charge in [0.1, 0.15) is 5.71 Å². The fourth-order valence-corrected chi connectivity index (χ4v) is 2.54. The highest BCUT2D eigenvalue weighted by molar-refractivity contribution is 6.13. The van der Waals surface area contributed by atoms with E-state index in [1.165, 1.54) is 0 Å². The summed E-state index contributed by atoms with van der Waals surface area (Å²) >= 11 is 0. The van der Waals surface area contributed by atoms with Gasteiger partial charge in [-0.05, 0) is 19.9 Å². The summed E-state index contributed by atoms with van der Waals surface area (Å²) in [6.45, 7) is 4.83. The number of aryl methyl sites for hydroxylation is 1. The second-order valence-corrected chi connectivity index (χ2v) is 5.40. The van der Waals surface area contributed by atoms with Gasteiger partial charge >= 0.3 is 0 Å². The topological polar surface area (TPSA) is 42.5 Å². The Balaban J connectivity index is 2.03. The molecule has 1 heterocycles. The van der Waals surface area contributed by atoms with Gasteiger partial charge in [-0.25, -0.2) is 0 Å². The molecule has 0 aliphatic carbocycles. The third kappa shape index (κ3) is 3.49. The number of hydrogen-bond acceptors (Lipinski definition) is 3. The molecule has 0 aliphatic rings. The molecule has 0 aliphatic heterocycles. The first-order chi connectivity index (χ1) is 11.8. The summed E-state index contributed by atoms with van der Waals surface area (Å²) in [6, 6.07) is 22.2. The molecule has 0 spiro atoms. The molecule has 0 unspecified atom stereocenters. The molecule has 0 amide bonds. The lowest BCUT2D eigenvalue weighted by molar-refractivity contribution is 0.653. The summed E-state index contributed by atoms with van der Waals surface area (Å²) in [4.78, 5) is 0. The van der Waals surface area contributed by atoms with Gasteiger partial charge in [-0.1, -0.05) is 60.7 Å². The molecule has 4 heteroatoms.